The lowest BCUT2D eigenvalue weighted by Gasteiger charge is -2.05. The average molecular weight is 319 g/mol. The van der Waals surface area contributed by atoms with Crippen LogP contribution in [-0.2, 0) is 16.1 Å². The first-order chi connectivity index (χ1) is 10.6. The summed E-state index contributed by atoms with van der Waals surface area (Å²) in [6, 6.07) is 7.05. The highest BCUT2D eigenvalue weighted by atomic mass is 35.5. The van der Waals surface area contributed by atoms with Crippen molar-refractivity contribution in [1.29, 1.82) is 0 Å². The lowest BCUT2D eigenvalue weighted by atomic mass is 10.3. The smallest absolute Gasteiger partial charge is 0.325 e. The first-order valence-electron chi connectivity index (χ1n) is 6.36. The molecule has 0 fully saturated rings. The van der Waals surface area contributed by atoms with Crippen molar-refractivity contribution in [2.75, 3.05) is 7.11 Å². The number of fused-ring (bicyclic) bond motifs is 1. The molecule has 0 radical (unpaired) electrons. The molecule has 0 aliphatic heterocycles. The summed E-state index contributed by atoms with van der Waals surface area (Å²) in [6.07, 6.45) is 2.71. The van der Waals surface area contributed by atoms with Gasteiger partial charge in [-0.2, -0.15) is 5.10 Å². The monoisotopic (exact) mass is 318 g/mol. The third-order valence-corrected chi connectivity index (χ3v) is 3.37. The van der Waals surface area contributed by atoms with Crippen LogP contribution in [0.1, 0.15) is 0 Å². The molecule has 3 aromatic rings. The number of nitrogens with zero attached hydrogens (tertiary/aromatic N) is 4. The minimum absolute atomic E-state index is 0.194. The zero-order chi connectivity index (χ0) is 15.7. The Morgan fingerprint density at radius 1 is 1.41 bits per heavy atom. The minimum Gasteiger partial charge on any atom is -0.468 e. The predicted octanol–water partition coefficient (Wildman–Crippen LogP) is 1.41. The molecule has 0 aliphatic rings. The Balaban J connectivity index is 2.12. The normalized spacial score (nSPS) is 10.8. The van der Waals surface area contributed by atoms with E-state index in [4.69, 9.17) is 11.6 Å². The Kier molecular flexibility index (Phi) is 3.64. The number of methoxy groups -OCH3 is 1. The van der Waals surface area contributed by atoms with E-state index in [0.717, 1.165) is 0 Å². The Bertz CT molecular complexity index is 916. The second kappa shape index (κ2) is 5.61. The van der Waals surface area contributed by atoms with Gasteiger partial charge >= 0.3 is 5.97 Å². The molecule has 2 heterocycles. The van der Waals surface area contributed by atoms with E-state index in [0.29, 0.717) is 21.7 Å². The summed E-state index contributed by atoms with van der Waals surface area (Å²) in [5, 5.41) is 5.04. The van der Waals surface area contributed by atoms with E-state index in [-0.39, 0.29) is 12.1 Å². The number of halogens is 1. The summed E-state index contributed by atoms with van der Waals surface area (Å²) in [7, 11) is 1.26. The number of benzene rings is 1. The standard InChI is InChI=1S/C14H11ClN4O3/c1-22-12(20)7-18-8-16-13-11(14(18)21)6-17-19(13)10-4-2-3-9(15)5-10/h2-6,8H,7H2,1H3. The van der Waals surface area contributed by atoms with E-state index < -0.39 is 5.97 Å². The number of hydrogen-bond donors (Lipinski definition) is 0. The number of carbonyl (C=O) groups is 1. The molecule has 0 unspecified atom stereocenters. The maximum Gasteiger partial charge on any atom is 0.325 e. The van der Waals surface area contributed by atoms with Crippen LogP contribution in [0.15, 0.2) is 41.6 Å². The van der Waals surface area contributed by atoms with Crippen LogP contribution in [0, 0.1) is 0 Å². The van der Waals surface area contributed by atoms with Crippen molar-refractivity contribution in [3.63, 3.8) is 0 Å². The SMILES string of the molecule is COC(=O)Cn1cnc2c(cnn2-c2cccc(Cl)c2)c1=O. The van der Waals surface area contributed by atoms with Crippen LogP contribution >= 0.6 is 11.6 Å². The third kappa shape index (κ3) is 2.46. The average Bonchev–Trinajstić information content (AvgIpc) is 2.94. The van der Waals surface area contributed by atoms with Crippen LogP contribution in [0.5, 0.6) is 0 Å². The zero-order valence-electron chi connectivity index (χ0n) is 11.6. The summed E-state index contributed by atoms with van der Waals surface area (Å²) in [5.74, 6) is -0.523. The molecular formula is C14H11ClN4O3. The fraction of sp³-hybridized carbons (Fsp3) is 0.143. The van der Waals surface area contributed by atoms with E-state index in [1.165, 1.54) is 28.9 Å². The molecule has 0 aliphatic carbocycles. The molecule has 3 rings (SSSR count). The Hall–Kier alpha value is -2.67. The second-order valence-corrected chi connectivity index (χ2v) is 4.96. The molecule has 8 heteroatoms. The predicted molar refractivity (Wildman–Crippen MR) is 80.2 cm³/mol. The number of carbonyl (C=O) groups excluding carboxylic acids is 1. The highest BCUT2D eigenvalue weighted by Crippen LogP contribution is 2.17. The van der Waals surface area contributed by atoms with E-state index in [1.54, 1.807) is 24.3 Å². The summed E-state index contributed by atoms with van der Waals surface area (Å²) in [6.45, 7) is -0.194. The van der Waals surface area contributed by atoms with E-state index in [2.05, 4.69) is 14.8 Å². The van der Waals surface area contributed by atoms with E-state index in [9.17, 15) is 9.59 Å². The summed E-state index contributed by atoms with van der Waals surface area (Å²) < 4.78 is 7.24. The molecule has 7 nitrogen and oxygen atoms in total. The number of rotatable bonds is 3. The molecule has 0 atom stereocenters. The highest BCUT2D eigenvalue weighted by Gasteiger charge is 2.13. The third-order valence-electron chi connectivity index (χ3n) is 3.13. The quantitative estimate of drug-likeness (QED) is 0.682. The van der Waals surface area contributed by atoms with Crippen molar-refractivity contribution in [3.8, 4) is 5.69 Å². The van der Waals surface area contributed by atoms with E-state index >= 15 is 0 Å². The van der Waals surface area contributed by atoms with Crippen LogP contribution in [0.25, 0.3) is 16.7 Å². The molecule has 0 saturated heterocycles. The van der Waals surface area contributed by atoms with Crippen molar-refractivity contribution in [2.45, 2.75) is 6.54 Å². The van der Waals surface area contributed by atoms with Gasteiger partial charge in [0.2, 0.25) is 0 Å². The van der Waals surface area contributed by atoms with Gasteiger partial charge in [0.25, 0.3) is 5.56 Å². The van der Waals surface area contributed by atoms with Crippen LogP contribution in [0.3, 0.4) is 0 Å². The molecule has 0 saturated carbocycles. The minimum atomic E-state index is -0.523. The van der Waals surface area contributed by atoms with Crippen molar-refractivity contribution in [2.24, 2.45) is 0 Å². The molecule has 0 bridgehead atoms. The van der Waals surface area contributed by atoms with Gasteiger partial charge in [-0.1, -0.05) is 17.7 Å². The molecule has 112 valence electrons. The molecule has 0 spiro atoms. The van der Waals surface area contributed by atoms with Gasteiger partial charge in [-0.05, 0) is 18.2 Å². The molecular weight excluding hydrogens is 308 g/mol. The topological polar surface area (TPSA) is 79.0 Å². The summed E-state index contributed by atoms with van der Waals surface area (Å²) in [5.41, 5.74) is 0.733. The fourth-order valence-electron chi connectivity index (χ4n) is 2.06. The fourth-order valence-corrected chi connectivity index (χ4v) is 2.25. The summed E-state index contributed by atoms with van der Waals surface area (Å²) >= 11 is 5.96. The molecule has 1 aromatic carbocycles. The van der Waals surface area contributed by atoms with Gasteiger partial charge in [-0.25, -0.2) is 9.67 Å². The maximum atomic E-state index is 12.3. The van der Waals surface area contributed by atoms with Gasteiger partial charge in [-0.15, -0.1) is 0 Å². The molecule has 2 aromatic heterocycles. The van der Waals surface area contributed by atoms with Gasteiger partial charge in [-0.3, -0.25) is 14.2 Å². The van der Waals surface area contributed by atoms with Crippen molar-refractivity contribution < 1.29 is 9.53 Å². The van der Waals surface area contributed by atoms with Gasteiger partial charge in [0.05, 0.1) is 19.0 Å². The van der Waals surface area contributed by atoms with Crippen LogP contribution in [0.2, 0.25) is 5.02 Å². The van der Waals surface area contributed by atoms with Crippen molar-refractivity contribution in [1.82, 2.24) is 19.3 Å². The van der Waals surface area contributed by atoms with Gasteiger partial charge in [0.1, 0.15) is 18.3 Å². The summed E-state index contributed by atoms with van der Waals surface area (Å²) in [4.78, 5) is 27.8. The maximum absolute atomic E-state index is 12.3. The Labute approximate surface area is 129 Å². The Morgan fingerprint density at radius 3 is 2.95 bits per heavy atom. The van der Waals surface area contributed by atoms with Crippen molar-refractivity contribution in [3.05, 3.63) is 52.2 Å². The number of esters is 1. The number of ether oxygens (including phenoxy) is 1. The highest BCUT2D eigenvalue weighted by molar-refractivity contribution is 6.30. The van der Waals surface area contributed by atoms with Crippen LogP contribution < -0.4 is 5.56 Å². The van der Waals surface area contributed by atoms with Crippen LogP contribution in [0.4, 0.5) is 0 Å². The lowest BCUT2D eigenvalue weighted by Crippen LogP contribution is -2.25. The van der Waals surface area contributed by atoms with Gasteiger partial charge < -0.3 is 4.74 Å². The largest absolute Gasteiger partial charge is 0.468 e. The number of aromatic nitrogens is 4. The molecule has 22 heavy (non-hydrogen) atoms. The van der Waals surface area contributed by atoms with Crippen molar-refractivity contribution >= 4 is 28.6 Å². The first-order valence-corrected chi connectivity index (χ1v) is 6.74. The lowest BCUT2D eigenvalue weighted by molar-refractivity contribution is -0.141. The first kappa shape index (κ1) is 14.3. The van der Waals surface area contributed by atoms with Gasteiger partial charge in [0, 0.05) is 5.02 Å². The van der Waals surface area contributed by atoms with Gasteiger partial charge in [0.15, 0.2) is 5.65 Å². The number of hydrogen-bond acceptors (Lipinski definition) is 5. The molecule has 0 amide bonds. The van der Waals surface area contributed by atoms with E-state index in [1.807, 2.05) is 0 Å². The molecule has 0 N–H and O–H groups in total. The second-order valence-electron chi connectivity index (χ2n) is 4.53. The zero-order valence-corrected chi connectivity index (χ0v) is 12.3. The van der Waals surface area contributed by atoms with Crippen LogP contribution in [-0.4, -0.2) is 32.4 Å². The Morgan fingerprint density at radius 2 is 2.23 bits per heavy atom.